The Labute approximate surface area is 172 Å². The van der Waals surface area contributed by atoms with Crippen molar-refractivity contribution < 1.29 is 9.21 Å². The maximum Gasteiger partial charge on any atom is 0.192 e. The second-order valence-corrected chi connectivity index (χ2v) is 8.39. The van der Waals surface area contributed by atoms with Crippen LogP contribution >= 0.6 is 39.0 Å². The number of hydrogen-bond acceptors (Lipinski definition) is 6. The maximum atomic E-state index is 12.6. The Morgan fingerprint density at radius 3 is 2.78 bits per heavy atom. The molecule has 0 aliphatic heterocycles. The number of nitrogens with zero attached hydrogens (tertiary/aromatic N) is 3. The summed E-state index contributed by atoms with van der Waals surface area (Å²) in [4.78, 5) is 13.6. The van der Waals surface area contributed by atoms with Crippen molar-refractivity contribution in [3.05, 3.63) is 76.0 Å². The fourth-order valence-corrected chi connectivity index (χ4v) is 4.62. The third kappa shape index (κ3) is 4.07. The Bertz CT molecular complexity index is 1040. The molecule has 136 valence electrons. The summed E-state index contributed by atoms with van der Waals surface area (Å²) in [6.07, 6.45) is 1.65. The average Bonchev–Trinajstić information content (AvgIpc) is 3.43. The lowest BCUT2D eigenvalue weighted by Gasteiger charge is -2.08. The van der Waals surface area contributed by atoms with Gasteiger partial charge in [-0.3, -0.25) is 9.36 Å². The summed E-state index contributed by atoms with van der Waals surface area (Å²) < 4.78 is 8.28. The number of rotatable bonds is 7. The van der Waals surface area contributed by atoms with Gasteiger partial charge in [-0.15, -0.1) is 21.5 Å². The number of aromatic nitrogens is 3. The number of furan rings is 1. The molecule has 0 saturated carbocycles. The Kier molecular flexibility index (Phi) is 5.56. The minimum atomic E-state index is 0.0395. The molecule has 0 aliphatic rings. The summed E-state index contributed by atoms with van der Waals surface area (Å²) in [5.41, 5.74) is 0.667. The van der Waals surface area contributed by atoms with Crippen LogP contribution in [0.1, 0.15) is 16.1 Å². The molecular formula is C19H14BrN3O2S2. The van der Waals surface area contributed by atoms with E-state index in [1.54, 1.807) is 17.6 Å². The predicted octanol–water partition coefficient (Wildman–Crippen LogP) is 5.39. The largest absolute Gasteiger partial charge is 0.467 e. The molecule has 3 heterocycles. The molecule has 0 saturated heterocycles. The average molecular weight is 460 g/mol. The fourth-order valence-electron chi connectivity index (χ4n) is 2.58. The van der Waals surface area contributed by atoms with Crippen LogP contribution < -0.4 is 0 Å². The molecule has 0 atom stereocenters. The van der Waals surface area contributed by atoms with Gasteiger partial charge in [0, 0.05) is 10.0 Å². The van der Waals surface area contributed by atoms with Crippen LogP contribution in [-0.4, -0.2) is 26.3 Å². The Balaban J connectivity index is 1.59. The number of ketones is 1. The molecule has 0 radical (unpaired) electrons. The van der Waals surface area contributed by atoms with Crippen molar-refractivity contribution >= 4 is 44.8 Å². The van der Waals surface area contributed by atoms with Crippen LogP contribution in [0.2, 0.25) is 0 Å². The third-order valence-corrected chi connectivity index (χ3v) is 6.38. The third-order valence-electron chi connectivity index (χ3n) is 3.86. The van der Waals surface area contributed by atoms with E-state index in [-0.39, 0.29) is 11.5 Å². The normalized spacial score (nSPS) is 11.0. The lowest BCUT2D eigenvalue weighted by molar-refractivity contribution is 0.102. The van der Waals surface area contributed by atoms with Gasteiger partial charge < -0.3 is 4.42 Å². The van der Waals surface area contributed by atoms with E-state index in [0.29, 0.717) is 17.3 Å². The summed E-state index contributed by atoms with van der Waals surface area (Å²) in [5, 5.41) is 11.4. The molecule has 0 amide bonds. The van der Waals surface area contributed by atoms with Gasteiger partial charge in [-0.05, 0) is 29.6 Å². The fraction of sp³-hybridized carbons (Fsp3) is 0.105. The van der Waals surface area contributed by atoms with Crippen molar-refractivity contribution in [2.24, 2.45) is 0 Å². The van der Waals surface area contributed by atoms with Gasteiger partial charge in [0.2, 0.25) is 0 Å². The first-order valence-corrected chi connectivity index (χ1v) is 10.8. The second-order valence-electron chi connectivity index (χ2n) is 5.64. The van der Waals surface area contributed by atoms with Crippen LogP contribution in [0.15, 0.2) is 74.2 Å². The molecule has 1 aromatic carbocycles. The van der Waals surface area contributed by atoms with Crippen molar-refractivity contribution in [1.29, 1.82) is 0 Å². The van der Waals surface area contributed by atoms with E-state index in [4.69, 9.17) is 4.42 Å². The van der Waals surface area contributed by atoms with Gasteiger partial charge in [0.25, 0.3) is 0 Å². The summed E-state index contributed by atoms with van der Waals surface area (Å²) in [5.74, 6) is 1.91. The van der Waals surface area contributed by atoms with Crippen LogP contribution in [-0.2, 0) is 6.54 Å². The SMILES string of the molecule is O=C(CSc1nnc(-c2cccs2)n1Cc1ccco1)c1ccccc1Br. The van der Waals surface area contributed by atoms with Crippen molar-refractivity contribution in [1.82, 2.24) is 14.8 Å². The number of hydrogen-bond donors (Lipinski definition) is 0. The monoisotopic (exact) mass is 459 g/mol. The predicted molar refractivity (Wildman–Crippen MR) is 110 cm³/mol. The number of benzene rings is 1. The standard InChI is InChI=1S/C19H14BrN3O2S2/c20-15-7-2-1-6-14(15)16(24)12-27-19-22-21-18(17-8-4-10-26-17)23(19)11-13-5-3-9-25-13/h1-10H,11-12H2. The van der Waals surface area contributed by atoms with Gasteiger partial charge in [0.05, 0.1) is 23.4 Å². The molecule has 0 aliphatic carbocycles. The number of thioether (sulfide) groups is 1. The quantitative estimate of drug-likeness (QED) is 0.274. The smallest absolute Gasteiger partial charge is 0.192 e. The molecule has 4 rings (SSSR count). The Morgan fingerprint density at radius 1 is 1.15 bits per heavy atom. The number of thiophene rings is 1. The van der Waals surface area contributed by atoms with Gasteiger partial charge in [-0.2, -0.15) is 0 Å². The first-order valence-electron chi connectivity index (χ1n) is 8.12. The highest BCUT2D eigenvalue weighted by Gasteiger charge is 2.18. The minimum Gasteiger partial charge on any atom is -0.467 e. The van der Waals surface area contributed by atoms with Crippen LogP contribution in [0.4, 0.5) is 0 Å². The zero-order valence-corrected chi connectivity index (χ0v) is 17.3. The lowest BCUT2D eigenvalue weighted by Crippen LogP contribution is -2.07. The van der Waals surface area contributed by atoms with E-state index in [2.05, 4.69) is 26.1 Å². The van der Waals surface area contributed by atoms with Gasteiger partial charge in [-0.1, -0.05) is 52.0 Å². The van der Waals surface area contributed by atoms with Crippen molar-refractivity contribution in [2.75, 3.05) is 5.75 Å². The summed E-state index contributed by atoms with van der Waals surface area (Å²) >= 11 is 6.42. The summed E-state index contributed by atoms with van der Waals surface area (Å²) in [6, 6.07) is 15.2. The topological polar surface area (TPSA) is 60.9 Å². The summed E-state index contributed by atoms with van der Waals surface area (Å²) in [7, 11) is 0. The zero-order chi connectivity index (χ0) is 18.6. The molecule has 3 aromatic heterocycles. The highest BCUT2D eigenvalue weighted by Crippen LogP contribution is 2.29. The molecule has 27 heavy (non-hydrogen) atoms. The van der Waals surface area contributed by atoms with Crippen LogP contribution in [0.5, 0.6) is 0 Å². The molecule has 8 heteroatoms. The molecule has 4 aromatic rings. The maximum absolute atomic E-state index is 12.6. The number of carbonyl (C=O) groups excluding carboxylic acids is 1. The minimum absolute atomic E-state index is 0.0395. The summed E-state index contributed by atoms with van der Waals surface area (Å²) in [6.45, 7) is 0.513. The molecule has 0 unspecified atom stereocenters. The molecular weight excluding hydrogens is 446 g/mol. The highest BCUT2D eigenvalue weighted by atomic mass is 79.9. The first-order chi connectivity index (χ1) is 13.2. The number of halogens is 1. The van der Waals surface area contributed by atoms with Crippen molar-refractivity contribution in [3.8, 4) is 10.7 Å². The van der Waals surface area contributed by atoms with E-state index in [1.165, 1.54) is 11.8 Å². The zero-order valence-electron chi connectivity index (χ0n) is 14.0. The van der Waals surface area contributed by atoms with Gasteiger partial charge >= 0.3 is 0 Å². The van der Waals surface area contributed by atoms with E-state index in [1.807, 2.05) is 58.5 Å². The lowest BCUT2D eigenvalue weighted by atomic mass is 10.1. The number of Topliss-reactive ketones (excluding diaryl/α,β-unsaturated/α-hetero) is 1. The molecule has 0 fully saturated rings. The van der Waals surface area contributed by atoms with Crippen LogP contribution in [0.25, 0.3) is 10.7 Å². The second kappa shape index (κ2) is 8.24. The Morgan fingerprint density at radius 2 is 2.04 bits per heavy atom. The number of carbonyl (C=O) groups is 1. The first kappa shape index (κ1) is 18.2. The molecule has 5 nitrogen and oxygen atoms in total. The van der Waals surface area contributed by atoms with Crippen LogP contribution in [0, 0.1) is 0 Å². The molecule has 0 bridgehead atoms. The van der Waals surface area contributed by atoms with Gasteiger partial charge in [-0.25, -0.2) is 0 Å². The molecule has 0 N–H and O–H groups in total. The molecule has 0 spiro atoms. The van der Waals surface area contributed by atoms with E-state index in [9.17, 15) is 4.79 Å². The van der Waals surface area contributed by atoms with Crippen molar-refractivity contribution in [3.63, 3.8) is 0 Å². The van der Waals surface area contributed by atoms with Crippen LogP contribution in [0.3, 0.4) is 0 Å². The Hall–Kier alpha value is -2.16. The van der Waals surface area contributed by atoms with E-state index in [0.717, 1.165) is 20.9 Å². The highest BCUT2D eigenvalue weighted by molar-refractivity contribution is 9.10. The van der Waals surface area contributed by atoms with Gasteiger partial charge in [0.1, 0.15) is 5.76 Å². The van der Waals surface area contributed by atoms with Crippen molar-refractivity contribution in [2.45, 2.75) is 11.7 Å². The van der Waals surface area contributed by atoms with Gasteiger partial charge in [0.15, 0.2) is 16.8 Å². The van der Waals surface area contributed by atoms with E-state index < -0.39 is 0 Å². The van der Waals surface area contributed by atoms with E-state index >= 15 is 0 Å².